The Morgan fingerprint density at radius 3 is 3.00 bits per heavy atom. The fraction of sp³-hybridized carbons (Fsp3) is 0.556. The summed E-state index contributed by atoms with van der Waals surface area (Å²) >= 11 is 3.53. The highest BCUT2D eigenvalue weighted by molar-refractivity contribution is 8.04. The highest BCUT2D eigenvalue weighted by atomic mass is 32.2. The fourth-order valence-corrected chi connectivity index (χ4v) is 2.81. The Labute approximate surface area is 91.7 Å². The topological polar surface area (TPSA) is 3.24 Å². The van der Waals surface area contributed by atoms with Gasteiger partial charge in [0.2, 0.25) is 0 Å². The SMILES string of the molecule is FC(F)=CCCCCSN1C=CSC1. The van der Waals surface area contributed by atoms with Crippen molar-refractivity contribution in [1.82, 2.24) is 4.31 Å². The van der Waals surface area contributed by atoms with Crippen LogP contribution in [0.5, 0.6) is 0 Å². The lowest BCUT2D eigenvalue weighted by atomic mass is 10.2. The van der Waals surface area contributed by atoms with Gasteiger partial charge < -0.3 is 4.31 Å². The minimum atomic E-state index is -1.56. The molecule has 0 atom stereocenters. The van der Waals surface area contributed by atoms with Crippen molar-refractivity contribution in [3.63, 3.8) is 0 Å². The van der Waals surface area contributed by atoms with Crippen molar-refractivity contribution >= 4 is 23.7 Å². The van der Waals surface area contributed by atoms with Crippen LogP contribution < -0.4 is 0 Å². The van der Waals surface area contributed by atoms with E-state index in [0.29, 0.717) is 6.42 Å². The zero-order chi connectivity index (χ0) is 10.2. The largest absolute Gasteiger partial charge is 0.312 e. The molecule has 0 aromatic carbocycles. The van der Waals surface area contributed by atoms with Gasteiger partial charge in [0, 0.05) is 12.0 Å². The van der Waals surface area contributed by atoms with Crippen molar-refractivity contribution in [2.45, 2.75) is 19.3 Å². The number of allylic oxidation sites excluding steroid dienone is 1. The first-order valence-electron chi connectivity index (χ1n) is 4.48. The van der Waals surface area contributed by atoms with E-state index < -0.39 is 6.08 Å². The maximum atomic E-state index is 11.6. The zero-order valence-corrected chi connectivity index (χ0v) is 9.42. The second-order valence-electron chi connectivity index (χ2n) is 2.82. The summed E-state index contributed by atoms with van der Waals surface area (Å²) < 4.78 is 25.4. The molecule has 0 radical (unpaired) electrons. The molecule has 0 saturated heterocycles. The van der Waals surface area contributed by atoms with Crippen LogP contribution in [0.15, 0.2) is 23.8 Å². The van der Waals surface area contributed by atoms with E-state index in [1.54, 1.807) is 23.7 Å². The Hall–Kier alpha value is -0.160. The van der Waals surface area contributed by atoms with Crippen molar-refractivity contribution in [3.05, 3.63) is 23.8 Å². The Kier molecular flexibility index (Phi) is 6.10. The normalized spacial score (nSPS) is 14.9. The lowest BCUT2D eigenvalue weighted by molar-refractivity contribution is 0.417. The summed E-state index contributed by atoms with van der Waals surface area (Å²) in [5, 5.41) is 2.06. The van der Waals surface area contributed by atoms with Gasteiger partial charge in [-0.1, -0.05) is 0 Å². The summed E-state index contributed by atoms with van der Waals surface area (Å²) in [6, 6.07) is 0. The summed E-state index contributed by atoms with van der Waals surface area (Å²) in [5.74, 6) is 2.01. The van der Waals surface area contributed by atoms with Gasteiger partial charge in [0.25, 0.3) is 6.08 Å². The average Bonchev–Trinajstić information content (AvgIpc) is 2.63. The molecule has 0 amide bonds. The summed E-state index contributed by atoms with van der Waals surface area (Å²) in [4.78, 5) is 0. The molecular weight excluding hydrogens is 224 g/mol. The number of nitrogens with zero attached hydrogens (tertiary/aromatic N) is 1. The van der Waals surface area contributed by atoms with Gasteiger partial charge >= 0.3 is 0 Å². The van der Waals surface area contributed by atoms with Gasteiger partial charge in [0.05, 0.1) is 5.88 Å². The molecule has 0 saturated carbocycles. The first-order chi connectivity index (χ1) is 6.79. The van der Waals surface area contributed by atoms with E-state index in [-0.39, 0.29) is 0 Å². The van der Waals surface area contributed by atoms with Gasteiger partial charge in [-0.2, -0.15) is 8.78 Å². The summed E-state index contributed by atoms with van der Waals surface area (Å²) in [7, 11) is 0. The van der Waals surface area contributed by atoms with Gasteiger partial charge in [0.15, 0.2) is 0 Å². The first kappa shape index (κ1) is 11.9. The molecular formula is C9H13F2NS2. The molecule has 0 aromatic heterocycles. The molecule has 1 aliphatic heterocycles. The van der Waals surface area contributed by atoms with Crippen LogP contribution in [0.1, 0.15) is 19.3 Å². The predicted octanol–water partition coefficient (Wildman–Crippen LogP) is 4.06. The highest BCUT2D eigenvalue weighted by Gasteiger charge is 2.03. The summed E-state index contributed by atoms with van der Waals surface area (Å²) in [6.45, 7) is 0. The molecule has 5 heteroatoms. The van der Waals surface area contributed by atoms with Gasteiger partial charge in [-0.3, -0.25) is 0 Å². The lowest BCUT2D eigenvalue weighted by Gasteiger charge is -2.11. The maximum Gasteiger partial charge on any atom is 0.266 e. The zero-order valence-electron chi connectivity index (χ0n) is 7.79. The van der Waals surface area contributed by atoms with Crippen LogP contribution in [-0.4, -0.2) is 15.9 Å². The van der Waals surface area contributed by atoms with Crippen LogP contribution >= 0.6 is 23.7 Å². The van der Waals surface area contributed by atoms with E-state index in [9.17, 15) is 8.78 Å². The molecule has 0 spiro atoms. The Balaban J connectivity index is 1.89. The molecule has 1 heterocycles. The van der Waals surface area contributed by atoms with Crippen LogP contribution in [0.3, 0.4) is 0 Å². The van der Waals surface area contributed by atoms with Crippen molar-refractivity contribution in [2.24, 2.45) is 0 Å². The minimum absolute atomic E-state index is 0.494. The van der Waals surface area contributed by atoms with Crippen molar-refractivity contribution in [3.8, 4) is 0 Å². The maximum absolute atomic E-state index is 11.6. The molecule has 0 unspecified atom stereocenters. The Morgan fingerprint density at radius 1 is 1.50 bits per heavy atom. The smallest absolute Gasteiger partial charge is 0.266 e. The second-order valence-corrected chi connectivity index (χ2v) is 4.82. The number of rotatable bonds is 6. The first-order valence-corrected chi connectivity index (χ1v) is 6.47. The van der Waals surface area contributed by atoms with E-state index in [1.165, 1.54) is 0 Å². The minimum Gasteiger partial charge on any atom is -0.312 e. The van der Waals surface area contributed by atoms with Gasteiger partial charge in [-0.25, -0.2) is 0 Å². The molecule has 0 fully saturated rings. The van der Waals surface area contributed by atoms with Crippen molar-refractivity contribution in [2.75, 3.05) is 11.6 Å². The lowest BCUT2D eigenvalue weighted by Crippen LogP contribution is -2.02. The second kappa shape index (κ2) is 7.17. The summed E-state index contributed by atoms with van der Waals surface area (Å²) in [5.41, 5.74) is 0. The van der Waals surface area contributed by atoms with Gasteiger partial charge in [-0.05, 0) is 42.7 Å². The molecule has 0 aromatic rings. The highest BCUT2D eigenvalue weighted by Crippen LogP contribution is 2.23. The fourth-order valence-electron chi connectivity index (χ4n) is 0.990. The van der Waals surface area contributed by atoms with Crippen LogP contribution in [0.2, 0.25) is 0 Å². The third-order valence-electron chi connectivity index (χ3n) is 1.68. The number of thioether (sulfide) groups is 1. The monoisotopic (exact) mass is 237 g/mol. The molecule has 1 rings (SSSR count). The third-order valence-corrected chi connectivity index (χ3v) is 3.64. The third kappa shape index (κ3) is 5.54. The molecule has 80 valence electrons. The van der Waals surface area contributed by atoms with Crippen molar-refractivity contribution < 1.29 is 8.78 Å². The van der Waals surface area contributed by atoms with Gasteiger partial charge in [0.1, 0.15) is 0 Å². The van der Waals surface area contributed by atoms with E-state index in [4.69, 9.17) is 0 Å². The van der Waals surface area contributed by atoms with Crippen LogP contribution in [-0.2, 0) is 0 Å². The number of hydrogen-bond donors (Lipinski definition) is 0. The molecule has 14 heavy (non-hydrogen) atoms. The summed E-state index contributed by atoms with van der Waals surface area (Å²) in [6.07, 6.45) is 3.81. The molecule has 0 bridgehead atoms. The van der Waals surface area contributed by atoms with Crippen LogP contribution in [0.25, 0.3) is 0 Å². The van der Waals surface area contributed by atoms with Crippen LogP contribution in [0.4, 0.5) is 8.78 Å². The van der Waals surface area contributed by atoms with Crippen molar-refractivity contribution in [1.29, 1.82) is 0 Å². The molecule has 0 aliphatic carbocycles. The standard InChI is InChI=1S/C9H13F2NS2/c10-9(11)4-2-1-3-6-14-12-5-7-13-8-12/h4-5,7H,1-3,6,8H2. The Morgan fingerprint density at radius 2 is 2.36 bits per heavy atom. The molecule has 1 nitrogen and oxygen atoms in total. The van der Waals surface area contributed by atoms with E-state index in [2.05, 4.69) is 15.9 Å². The van der Waals surface area contributed by atoms with Gasteiger partial charge in [-0.15, -0.1) is 11.8 Å². The predicted molar refractivity (Wildman–Crippen MR) is 60.0 cm³/mol. The average molecular weight is 237 g/mol. The Bertz CT molecular complexity index is 215. The molecule has 1 aliphatic rings. The quantitative estimate of drug-likeness (QED) is 0.506. The number of hydrogen-bond acceptors (Lipinski definition) is 3. The van der Waals surface area contributed by atoms with E-state index in [0.717, 1.165) is 30.5 Å². The number of unbranched alkanes of at least 4 members (excludes halogenated alkanes) is 2. The number of halogens is 2. The van der Waals surface area contributed by atoms with Crippen LogP contribution in [0, 0.1) is 0 Å². The van der Waals surface area contributed by atoms with E-state index >= 15 is 0 Å². The van der Waals surface area contributed by atoms with E-state index in [1.807, 2.05) is 0 Å². The molecule has 0 N–H and O–H groups in total.